The Morgan fingerprint density at radius 1 is 1.31 bits per heavy atom. The zero-order chi connectivity index (χ0) is 22.7. The molecule has 4 aliphatic heterocycles. The predicted molar refractivity (Wildman–Crippen MR) is 117 cm³/mol. The van der Waals surface area contributed by atoms with Gasteiger partial charge < -0.3 is 19.5 Å². The van der Waals surface area contributed by atoms with E-state index in [1.165, 1.54) is 19.6 Å². The third kappa shape index (κ3) is 1.69. The maximum absolute atomic E-state index is 14.1. The molecular weight excluding hydrogens is 408 g/mol. The van der Waals surface area contributed by atoms with Crippen LogP contribution < -0.4 is 5.32 Å². The molecule has 1 spiro atoms. The predicted octanol–water partition coefficient (Wildman–Crippen LogP) is 2.96. The Morgan fingerprint density at radius 2 is 2.06 bits per heavy atom. The quantitative estimate of drug-likeness (QED) is 0.574. The second-order valence-electron chi connectivity index (χ2n) is 10.4. The number of hydrogen-bond donors (Lipinski definition) is 1. The highest BCUT2D eigenvalue weighted by molar-refractivity contribution is 5.87. The number of nitrogens with one attached hydrogen (secondary N) is 1. The smallest absolute Gasteiger partial charge is 0.317 e. The van der Waals surface area contributed by atoms with Gasteiger partial charge in [0.25, 0.3) is 0 Å². The maximum Gasteiger partial charge on any atom is 0.317 e. The van der Waals surface area contributed by atoms with Crippen LogP contribution in [0.3, 0.4) is 0 Å². The Morgan fingerprint density at radius 3 is 2.75 bits per heavy atom. The minimum Gasteiger partial charge on any atom is -0.468 e. The van der Waals surface area contributed by atoms with Crippen molar-refractivity contribution in [1.29, 1.82) is 0 Å². The molecule has 4 fully saturated rings. The molecule has 5 aliphatic rings. The van der Waals surface area contributed by atoms with E-state index in [0.717, 1.165) is 11.3 Å². The summed E-state index contributed by atoms with van der Waals surface area (Å²) in [7, 11) is 1.44. The van der Waals surface area contributed by atoms with E-state index in [1.54, 1.807) is 0 Å². The summed E-state index contributed by atoms with van der Waals surface area (Å²) in [5, 5.41) is 3.76. The van der Waals surface area contributed by atoms with E-state index in [4.69, 9.17) is 14.2 Å². The van der Waals surface area contributed by atoms with Crippen molar-refractivity contribution in [2.75, 3.05) is 25.6 Å². The van der Waals surface area contributed by atoms with Crippen LogP contribution in [0, 0.1) is 10.8 Å². The zero-order valence-electron chi connectivity index (χ0n) is 19.3. The summed E-state index contributed by atoms with van der Waals surface area (Å²) in [5.41, 5.74) is -0.459. The third-order valence-corrected chi connectivity index (χ3v) is 9.62. The molecule has 3 saturated heterocycles. The summed E-state index contributed by atoms with van der Waals surface area (Å²) >= 11 is 0. The fourth-order valence-electron chi connectivity index (χ4n) is 8.55. The number of benzene rings is 1. The molecule has 32 heavy (non-hydrogen) atoms. The topological polar surface area (TPSA) is 77.1 Å². The molecule has 6 unspecified atom stereocenters. The van der Waals surface area contributed by atoms with Crippen LogP contribution in [0.4, 0.5) is 5.69 Å². The molecule has 7 heteroatoms. The first-order valence-corrected chi connectivity index (χ1v) is 11.4. The first kappa shape index (κ1) is 20.2. The van der Waals surface area contributed by atoms with Crippen LogP contribution in [0.2, 0.25) is 0 Å². The molecule has 7 nitrogen and oxygen atoms in total. The molecule has 0 amide bonds. The second-order valence-corrected chi connectivity index (χ2v) is 10.4. The molecule has 4 heterocycles. The standard InChI is InChI=1S/C25H30N2O5/c1-6-16-12-27-19-11-23-17-9-7-8-10-18(17)26-25(23,32-19)22(27,4)13-21(16,3)24(23,20(29)30-5)14-31-15(2)28/h6-10,19,26H,11-14H2,1-5H3. The van der Waals surface area contributed by atoms with Crippen molar-refractivity contribution in [3.8, 4) is 0 Å². The highest BCUT2D eigenvalue weighted by Gasteiger charge is 2.92. The number of esters is 2. The lowest BCUT2D eigenvalue weighted by atomic mass is 9.34. The zero-order valence-corrected chi connectivity index (χ0v) is 19.3. The van der Waals surface area contributed by atoms with Gasteiger partial charge in [0.2, 0.25) is 0 Å². The summed E-state index contributed by atoms with van der Waals surface area (Å²) in [5.74, 6) is -0.747. The molecular formula is C25H30N2O5. The van der Waals surface area contributed by atoms with Crippen LogP contribution in [0.5, 0.6) is 0 Å². The summed E-state index contributed by atoms with van der Waals surface area (Å²) in [4.78, 5) is 28.7. The van der Waals surface area contributed by atoms with Gasteiger partial charge in [-0.15, -0.1) is 0 Å². The molecule has 1 aliphatic carbocycles. The Kier molecular flexibility index (Phi) is 3.64. The lowest BCUT2D eigenvalue weighted by Crippen LogP contribution is -2.85. The number of ether oxygens (including phenoxy) is 3. The monoisotopic (exact) mass is 438 g/mol. The minimum atomic E-state index is -1.15. The normalized spacial score (nSPS) is 46.0. The Balaban J connectivity index is 1.76. The second kappa shape index (κ2) is 5.75. The molecule has 1 aromatic rings. The Labute approximate surface area is 188 Å². The van der Waals surface area contributed by atoms with Crippen LogP contribution in [0.25, 0.3) is 0 Å². The average Bonchev–Trinajstić information content (AvgIpc) is 3.32. The van der Waals surface area contributed by atoms with Gasteiger partial charge in [0.05, 0.1) is 18.1 Å². The van der Waals surface area contributed by atoms with Gasteiger partial charge in [0, 0.05) is 31.0 Å². The number of anilines is 1. The maximum atomic E-state index is 14.1. The lowest BCUT2D eigenvalue weighted by Gasteiger charge is -2.72. The van der Waals surface area contributed by atoms with Crippen molar-refractivity contribution in [2.24, 2.45) is 10.8 Å². The van der Waals surface area contributed by atoms with Gasteiger partial charge in [0.1, 0.15) is 18.2 Å². The number of methoxy groups -OCH3 is 1. The van der Waals surface area contributed by atoms with Crippen LogP contribution in [-0.4, -0.2) is 54.6 Å². The Hall–Kier alpha value is -2.38. The molecule has 0 radical (unpaired) electrons. The number of piperidine rings is 2. The molecule has 1 aromatic carbocycles. The summed E-state index contributed by atoms with van der Waals surface area (Å²) in [6.07, 6.45) is 3.31. The SMILES string of the molecule is CC=C1CN2C3CC45c6ccccc6NC4(O3)C2(C)CC1(C)C5(COC(C)=O)C(=O)OC. The summed E-state index contributed by atoms with van der Waals surface area (Å²) < 4.78 is 18.2. The van der Waals surface area contributed by atoms with E-state index in [2.05, 4.69) is 42.3 Å². The molecule has 170 valence electrons. The van der Waals surface area contributed by atoms with Crippen molar-refractivity contribution in [3.05, 3.63) is 41.5 Å². The lowest BCUT2D eigenvalue weighted by molar-refractivity contribution is -0.231. The van der Waals surface area contributed by atoms with E-state index < -0.39 is 27.9 Å². The highest BCUT2D eigenvalue weighted by Crippen LogP contribution is 2.82. The van der Waals surface area contributed by atoms with Crippen LogP contribution >= 0.6 is 0 Å². The fraction of sp³-hybridized carbons (Fsp3) is 0.600. The Bertz CT molecular complexity index is 1100. The number of fused-ring (bicyclic) bond motifs is 4. The van der Waals surface area contributed by atoms with Gasteiger partial charge in [-0.3, -0.25) is 14.5 Å². The number of rotatable bonds is 3. The van der Waals surface area contributed by atoms with Crippen molar-refractivity contribution >= 4 is 17.6 Å². The van der Waals surface area contributed by atoms with E-state index >= 15 is 0 Å². The minimum absolute atomic E-state index is 0.0488. The first-order chi connectivity index (χ1) is 15.2. The van der Waals surface area contributed by atoms with Gasteiger partial charge in [-0.05, 0) is 31.9 Å². The summed E-state index contributed by atoms with van der Waals surface area (Å²) in [6.45, 7) is 8.51. The highest BCUT2D eigenvalue weighted by atomic mass is 16.6. The molecule has 0 aromatic heterocycles. The van der Waals surface area contributed by atoms with Gasteiger partial charge in [-0.2, -0.15) is 0 Å². The first-order valence-electron chi connectivity index (χ1n) is 11.4. The van der Waals surface area contributed by atoms with E-state index in [9.17, 15) is 9.59 Å². The number of para-hydroxylation sites is 1. The van der Waals surface area contributed by atoms with Crippen molar-refractivity contribution < 1.29 is 23.8 Å². The van der Waals surface area contributed by atoms with Crippen molar-refractivity contribution in [2.45, 2.75) is 63.4 Å². The number of nitrogens with zero attached hydrogens (tertiary/aromatic N) is 1. The fourth-order valence-corrected chi connectivity index (χ4v) is 8.55. The van der Waals surface area contributed by atoms with Crippen molar-refractivity contribution in [1.82, 2.24) is 4.90 Å². The number of carbonyl (C=O) groups is 2. The van der Waals surface area contributed by atoms with Gasteiger partial charge >= 0.3 is 11.9 Å². The van der Waals surface area contributed by atoms with E-state index in [1.807, 2.05) is 19.1 Å². The van der Waals surface area contributed by atoms with Crippen LogP contribution in [-0.2, 0) is 29.2 Å². The van der Waals surface area contributed by atoms with Gasteiger partial charge in [0.15, 0.2) is 5.72 Å². The number of allylic oxidation sites excluding steroid dienone is 1. The molecule has 6 rings (SSSR count). The van der Waals surface area contributed by atoms with Gasteiger partial charge in [-0.25, -0.2) is 0 Å². The average molecular weight is 439 g/mol. The molecule has 4 bridgehead atoms. The molecule has 6 atom stereocenters. The van der Waals surface area contributed by atoms with Crippen molar-refractivity contribution in [3.63, 3.8) is 0 Å². The number of carbonyl (C=O) groups excluding carboxylic acids is 2. The largest absolute Gasteiger partial charge is 0.468 e. The van der Waals surface area contributed by atoms with Crippen LogP contribution in [0.1, 0.15) is 46.1 Å². The van der Waals surface area contributed by atoms with E-state index in [0.29, 0.717) is 19.4 Å². The molecule has 1 saturated carbocycles. The summed E-state index contributed by atoms with van der Waals surface area (Å²) in [6, 6.07) is 8.16. The van der Waals surface area contributed by atoms with Crippen LogP contribution in [0.15, 0.2) is 35.9 Å². The van der Waals surface area contributed by atoms with E-state index in [-0.39, 0.29) is 24.3 Å². The molecule has 1 N–H and O–H groups in total. The number of hydrogen-bond acceptors (Lipinski definition) is 7. The van der Waals surface area contributed by atoms with Gasteiger partial charge in [-0.1, -0.05) is 36.8 Å². The third-order valence-electron chi connectivity index (χ3n) is 9.62.